The molecule has 0 spiro atoms. The van der Waals surface area contributed by atoms with Crippen LogP contribution in [0.15, 0.2) is 53.6 Å². The average Bonchev–Trinajstić information content (AvgIpc) is 3.10. The van der Waals surface area contributed by atoms with Gasteiger partial charge in [0.25, 0.3) is 5.56 Å². The van der Waals surface area contributed by atoms with Crippen LogP contribution in [0, 0.1) is 11.3 Å². The standard InChI is InChI=1S/C25H24ClN7O/c1-16-14-32(10-9-28-16)25-29-12-18(13-30-25)19-7-8-20-23(21(19)11-27)33(31(2)24(20)34)15-17-5-3-4-6-22(17)26/h3-8,12-13,16,28H,9-10,14-15H2,1-2H3/t16-/m1/s1. The molecular weight excluding hydrogens is 450 g/mol. The summed E-state index contributed by atoms with van der Waals surface area (Å²) >= 11 is 6.38. The molecule has 4 aromatic rings. The van der Waals surface area contributed by atoms with Crippen LogP contribution < -0.4 is 15.8 Å². The first kappa shape index (κ1) is 22.1. The smallest absolute Gasteiger partial charge is 0.274 e. The van der Waals surface area contributed by atoms with Gasteiger partial charge >= 0.3 is 0 Å². The van der Waals surface area contributed by atoms with E-state index >= 15 is 0 Å². The lowest BCUT2D eigenvalue weighted by atomic mass is 10.00. The number of halogens is 1. The van der Waals surface area contributed by atoms with E-state index in [-0.39, 0.29) is 5.56 Å². The van der Waals surface area contributed by atoms with Crippen LogP contribution in [0.2, 0.25) is 5.02 Å². The van der Waals surface area contributed by atoms with Crippen molar-refractivity contribution in [2.24, 2.45) is 7.05 Å². The van der Waals surface area contributed by atoms with Gasteiger partial charge in [0.15, 0.2) is 0 Å². The van der Waals surface area contributed by atoms with Gasteiger partial charge in [-0.25, -0.2) is 9.97 Å². The molecule has 0 saturated carbocycles. The number of fused-ring (bicyclic) bond motifs is 1. The van der Waals surface area contributed by atoms with Gasteiger partial charge < -0.3 is 10.2 Å². The first-order valence-electron chi connectivity index (χ1n) is 11.1. The van der Waals surface area contributed by atoms with E-state index in [4.69, 9.17) is 11.6 Å². The molecule has 1 N–H and O–H groups in total. The molecule has 2 aromatic carbocycles. The first-order chi connectivity index (χ1) is 16.5. The summed E-state index contributed by atoms with van der Waals surface area (Å²) < 4.78 is 3.34. The van der Waals surface area contributed by atoms with E-state index in [2.05, 4.69) is 33.2 Å². The maximum Gasteiger partial charge on any atom is 0.274 e. The SMILES string of the molecule is C[C@@H]1CN(c2ncc(-c3ccc4c(=O)n(C)n(Cc5ccccc5Cl)c4c3C#N)cn2)CCN1. The molecule has 1 atom stereocenters. The lowest BCUT2D eigenvalue weighted by molar-refractivity contribution is 0.479. The van der Waals surface area contributed by atoms with Crippen LogP contribution >= 0.6 is 11.6 Å². The molecule has 5 rings (SSSR count). The number of nitrogens with zero attached hydrogens (tertiary/aromatic N) is 6. The third kappa shape index (κ3) is 3.83. The Labute approximate surface area is 202 Å². The third-order valence-electron chi connectivity index (χ3n) is 6.31. The van der Waals surface area contributed by atoms with Gasteiger partial charge in [0, 0.05) is 61.3 Å². The quantitative estimate of drug-likeness (QED) is 0.489. The van der Waals surface area contributed by atoms with Crippen LogP contribution in [0.1, 0.15) is 18.1 Å². The number of piperazine rings is 1. The monoisotopic (exact) mass is 473 g/mol. The lowest BCUT2D eigenvalue weighted by Crippen LogP contribution is -2.49. The molecule has 0 bridgehead atoms. The predicted molar refractivity (Wildman–Crippen MR) is 133 cm³/mol. The Morgan fingerprint density at radius 2 is 1.97 bits per heavy atom. The van der Waals surface area contributed by atoms with E-state index in [0.717, 1.165) is 30.8 Å². The van der Waals surface area contributed by atoms with E-state index < -0.39 is 0 Å². The number of benzene rings is 2. The summed E-state index contributed by atoms with van der Waals surface area (Å²) in [4.78, 5) is 24.3. The molecule has 1 aliphatic rings. The second kappa shape index (κ2) is 8.93. The molecule has 0 amide bonds. The Hall–Kier alpha value is -3.67. The molecule has 1 fully saturated rings. The molecule has 0 aliphatic carbocycles. The van der Waals surface area contributed by atoms with Gasteiger partial charge in [-0.3, -0.25) is 14.2 Å². The minimum atomic E-state index is -0.162. The van der Waals surface area contributed by atoms with E-state index in [1.54, 1.807) is 36.3 Å². The number of aromatic nitrogens is 4. The van der Waals surface area contributed by atoms with Crippen LogP contribution in [0.3, 0.4) is 0 Å². The zero-order valence-electron chi connectivity index (χ0n) is 19.0. The summed E-state index contributed by atoms with van der Waals surface area (Å²) in [6.45, 7) is 5.07. The molecular formula is C25H24ClN7O. The van der Waals surface area contributed by atoms with Crippen LogP contribution in [-0.2, 0) is 13.6 Å². The van der Waals surface area contributed by atoms with Gasteiger partial charge in [-0.2, -0.15) is 5.26 Å². The van der Waals surface area contributed by atoms with E-state index in [1.165, 1.54) is 4.68 Å². The van der Waals surface area contributed by atoms with E-state index in [0.29, 0.717) is 45.6 Å². The van der Waals surface area contributed by atoms with Crippen molar-refractivity contribution in [3.05, 3.63) is 75.3 Å². The highest BCUT2D eigenvalue weighted by atomic mass is 35.5. The van der Waals surface area contributed by atoms with Gasteiger partial charge in [-0.05, 0) is 24.6 Å². The topological polar surface area (TPSA) is 91.8 Å². The van der Waals surface area contributed by atoms with Crippen LogP contribution in [0.4, 0.5) is 5.95 Å². The first-order valence-corrected chi connectivity index (χ1v) is 11.5. The van der Waals surface area contributed by atoms with Crippen molar-refractivity contribution in [2.45, 2.75) is 19.5 Å². The van der Waals surface area contributed by atoms with Crippen LogP contribution in [0.25, 0.3) is 22.0 Å². The molecule has 1 saturated heterocycles. The number of hydrogen-bond acceptors (Lipinski definition) is 6. The zero-order valence-corrected chi connectivity index (χ0v) is 19.8. The molecule has 8 nitrogen and oxygen atoms in total. The highest BCUT2D eigenvalue weighted by Crippen LogP contribution is 2.30. The third-order valence-corrected chi connectivity index (χ3v) is 6.68. The van der Waals surface area contributed by atoms with Crippen molar-refractivity contribution >= 4 is 28.5 Å². The summed E-state index contributed by atoms with van der Waals surface area (Å²) in [5.74, 6) is 0.673. The number of nitriles is 1. The van der Waals surface area contributed by atoms with E-state index in [9.17, 15) is 10.1 Å². The van der Waals surface area contributed by atoms with Crippen LogP contribution in [0.5, 0.6) is 0 Å². The largest absolute Gasteiger partial charge is 0.338 e. The average molecular weight is 474 g/mol. The lowest BCUT2D eigenvalue weighted by Gasteiger charge is -2.31. The second-order valence-corrected chi connectivity index (χ2v) is 8.95. The van der Waals surface area contributed by atoms with Gasteiger partial charge in [0.2, 0.25) is 5.95 Å². The minimum Gasteiger partial charge on any atom is -0.338 e. The van der Waals surface area contributed by atoms with Crippen molar-refractivity contribution in [3.8, 4) is 17.2 Å². The van der Waals surface area contributed by atoms with Crippen molar-refractivity contribution in [1.82, 2.24) is 24.6 Å². The maximum absolute atomic E-state index is 13.0. The van der Waals surface area contributed by atoms with Gasteiger partial charge in [-0.15, -0.1) is 0 Å². The summed E-state index contributed by atoms with van der Waals surface area (Å²) in [6.07, 6.45) is 3.49. The summed E-state index contributed by atoms with van der Waals surface area (Å²) in [7, 11) is 1.70. The van der Waals surface area contributed by atoms with Gasteiger partial charge in [0.05, 0.1) is 23.0 Å². The Morgan fingerprint density at radius 1 is 1.21 bits per heavy atom. The molecule has 2 aromatic heterocycles. The Kier molecular flexibility index (Phi) is 5.82. The maximum atomic E-state index is 13.0. The van der Waals surface area contributed by atoms with Gasteiger partial charge in [-0.1, -0.05) is 35.9 Å². The highest BCUT2D eigenvalue weighted by molar-refractivity contribution is 6.31. The fourth-order valence-electron chi connectivity index (χ4n) is 4.53. The molecule has 172 valence electrons. The summed E-state index contributed by atoms with van der Waals surface area (Å²) in [5.41, 5.74) is 3.11. The normalized spacial score (nSPS) is 16.1. The summed E-state index contributed by atoms with van der Waals surface area (Å²) in [5, 5.41) is 14.7. The van der Waals surface area contributed by atoms with Crippen LogP contribution in [-0.4, -0.2) is 45.0 Å². The van der Waals surface area contributed by atoms with E-state index in [1.807, 2.05) is 24.3 Å². The minimum absolute atomic E-state index is 0.162. The summed E-state index contributed by atoms with van der Waals surface area (Å²) in [6, 6.07) is 13.8. The number of hydrogen-bond donors (Lipinski definition) is 1. The predicted octanol–water partition coefficient (Wildman–Crippen LogP) is 3.17. The van der Waals surface area contributed by atoms with Crippen molar-refractivity contribution in [2.75, 3.05) is 24.5 Å². The van der Waals surface area contributed by atoms with Crippen molar-refractivity contribution in [1.29, 1.82) is 5.26 Å². The number of rotatable bonds is 4. The molecule has 9 heteroatoms. The van der Waals surface area contributed by atoms with Crippen molar-refractivity contribution < 1.29 is 0 Å². The number of anilines is 1. The molecule has 34 heavy (non-hydrogen) atoms. The second-order valence-electron chi connectivity index (χ2n) is 8.55. The molecule has 0 radical (unpaired) electrons. The Bertz CT molecular complexity index is 1470. The Balaban J connectivity index is 1.60. The zero-order chi connectivity index (χ0) is 23.8. The molecule has 0 unspecified atom stereocenters. The Morgan fingerprint density at radius 3 is 2.68 bits per heavy atom. The molecule has 1 aliphatic heterocycles. The van der Waals surface area contributed by atoms with Gasteiger partial charge in [0.1, 0.15) is 6.07 Å². The fraction of sp³-hybridized carbons (Fsp3) is 0.280. The number of nitrogens with one attached hydrogen (secondary N) is 1. The highest BCUT2D eigenvalue weighted by Gasteiger charge is 2.21. The molecule has 3 heterocycles. The fourth-order valence-corrected chi connectivity index (χ4v) is 4.73. The van der Waals surface area contributed by atoms with Crippen molar-refractivity contribution in [3.63, 3.8) is 0 Å².